The highest BCUT2D eigenvalue weighted by Crippen LogP contribution is 2.24. The van der Waals surface area contributed by atoms with Crippen LogP contribution >= 0.6 is 11.8 Å². The Morgan fingerprint density at radius 1 is 1.26 bits per heavy atom. The molecule has 1 amide bonds. The van der Waals surface area contributed by atoms with Gasteiger partial charge in [-0.3, -0.25) is 14.2 Å². The number of anilines is 1. The van der Waals surface area contributed by atoms with Gasteiger partial charge in [-0.1, -0.05) is 44.7 Å². The van der Waals surface area contributed by atoms with Crippen LogP contribution in [0, 0.1) is 0 Å². The smallest absolute Gasteiger partial charge is 0.267 e. The third kappa shape index (κ3) is 3.17. The summed E-state index contributed by atoms with van der Waals surface area (Å²) in [5.41, 5.74) is 1.72. The number of aromatic nitrogens is 2. The fourth-order valence-corrected chi connectivity index (χ4v) is 3.34. The van der Waals surface area contributed by atoms with Crippen molar-refractivity contribution in [3.8, 4) is 0 Å². The minimum absolute atomic E-state index is 0.0585. The Labute approximate surface area is 139 Å². The molecule has 0 bridgehead atoms. The Morgan fingerprint density at radius 3 is 2.61 bits per heavy atom. The van der Waals surface area contributed by atoms with E-state index < -0.39 is 5.91 Å². The maximum atomic E-state index is 12.3. The molecule has 0 spiro atoms. The van der Waals surface area contributed by atoms with E-state index in [0.29, 0.717) is 17.4 Å². The summed E-state index contributed by atoms with van der Waals surface area (Å²) >= 11 is 1.53. The lowest BCUT2D eigenvalue weighted by atomic mass is 9.87. The second kappa shape index (κ2) is 5.85. The normalized spacial score (nSPS) is 13.7. The SMILES string of the molecule is CC(C)(C)c1ccc(NC(=O)c2cnc3n(c2=O)CCS3)cc1. The van der Waals surface area contributed by atoms with Gasteiger partial charge in [0, 0.05) is 24.2 Å². The van der Waals surface area contributed by atoms with Crippen LogP contribution in [0.2, 0.25) is 0 Å². The first kappa shape index (κ1) is 15.8. The van der Waals surface area contributed by atoms with Crippen molar-refractivity contribution < 1.29 is 4.79 Å². The molecule has 0 saturated heterocycles. The van der Waals surface area contributed by atoms with Crippen molar-refractivity contribution in [3.05, 3.63) is 51.9 Å². The van der Waals surface area contributed by atoms with Gasteiger partial charge < -0.3 is 5.32 Å². The van der Waals surface area contributed by atoms with Crippen LogP contribution in [-0.2, 0) is 12.0 Å². The average molecular weight is 329 g/mol. The predicted molar refractivity (Wildman–Crippen MR) is 92.3 cm³/mol. The van der Waals surface area contributed by atoms with Gasteiger partial charge in [0.15, 0.2) is 5.16 Å². The van der Waals surface area contributed by atoms with Crippen molar-refractivity contribution in [2.45, 2.75) is 37.9 Å². The van der Waals surface area contributed by atoms with E-state index in [2.05, 4.69) is 31.1 Å². The number of thioether (sulfide) groups is 1. The van der Waals surface area contributed by atoms with Gasteiger partial charge in [0.2, 0.25) is 0 Å². The number of fused-ring (bicyclic) bond motifs is 1. The van der Waals surface area contributed by atoms with Crippen LogP contribution in [0.3, 0.4) is 0 Å². The summed E-state index contributed by atoms with van der Waals surface area (Å²) in [4.78, 5) is 28.9. The van der Waals surface area contributed by atoms with Gasteiger partial charge in [-0.15, -0.1) is 0 Å². The van der Waals surface area contributed by atoms with Crippen molar-refractivity contribution in [2.75, 3.05) is 11.1 Å². The molecule has 0 fully saturated rings. The lowest BCUT2D eigenvalue weighted by Gasteiger charge is -2.19. The second-order valence-electron chi connectivity index (χ2n) is 6.54. The molecular weight excluding hydrogens is 310 g/mol. The van der Waals surface area contributed by atoms with Crippen LogP contribution in [-0.4, -0.2) is 21.2 Å². The molecule has 1 N–H and O–H groups in total. The fraction of sp³-hybridized carbons (Fsp3) is 0.353. The number of carbonyl (C=O) groups excluding carboxylic acids is 1. The highest BCUT2D eigenvalue weighted by Gasteiger charge is 2.20. The second-order valence-corrected chi connectivity index (χ2v) is 7.60. The summed E-state index contributed by atoms with van der Waals surface area (Å²) in [6.45, 7) is 7.01. The average Bonchev–Trinajstić information content (AvgIpc) is 2.96. The van der Waals surface area contributed by atoms with Gasteiger partial charge in [0.05, 0.1) is 0 Å². The van der Waals surface area contributed by atoms with E-state index in [4.69, 9.17) is 0 Å². The summed E-state index contributed by atoms with van der Waals surface area (Å²) in [6.07, 6.45) is 1.37. The van der Waals surface area contributed by atoms with Gasteiger partial charge in [-0.25, -0.2) is 4.98 Å². The first-order valence-corrected chi connectivity index (χ1v) is 8.49. The van der Waals surface area contributed by atoms with E-state index in [1.54, 1.807) is 4.57 Å². The van der Waals surface area contributed by atoms with E-state index >= 15 is 0 Å². The Bertz CT molecular complexity index is 804. The number of nitrogens with zero attached hydrogens (tertiary/aromatic N) is 2. The van der Waals surface area contributed by atoms with Crippen molar-refractivity contribution >= 4 is 23.4 Å². The number of nitrogens with one attached hydrogen (secondary N) is 1. The summed E-state index contributed by atoms with van der Waals surface area (Å²) in [5.74, 6) is 0.403. The van der Waals surface area contributed by atoms with Gasteiger partial charge in [0.25, 0.3) is 11.5 Å². The van der Waals surface area contributed by atoms with E-state index in [-0.39, 0.29) is 16.5 Å². The zero-order valence-corrected chi connectivity index (χ0v) is 14.2. The molecule has 0 unspecified atom stereocenters. The van der Waals surface area contributed by atoms with Crippen LogP contribution < -0.4 is 10.9 Å². The van der Waals surface area contributed by atoms with Crippen molar-refractivity contribution in [1.82, 2.24) is 9.55 Å². The molecule has 120 valence electrons. The fourth-order valence-electron chi connectivity index (χ4n) is 2.43. The quantitative estimate of drug-likeness (QED) is 0.861. The maximum Gasteiger partial charge on any atom is 0.267 e. The summed E-state index contributed by atoms with van der Waals surface area (Å²) in [7, 11) is 0. The predicted octanol–water partition coefficient (Wildman–Crippen LogP) is 2.90. The molecule has 1 aliphatic rings. The molecule has 0 radical (unpaired) electrons. The van der Waals surface area contributed by atoms with Crippen molar-refractivity contribution in [3.63, 3.8) is 0 Å². The number of hydrogen-bond acceptors (Lipinski definition) is 4. The molecule has 0 saturated carbocycles. The van der Waals surface area contributed by atoms with Gasteiger partial charge in [-0.05, 0) is 23.1 Å². The Balaban J connectivity index is 1.81. The third-order valence-electron chi connectivity index (χ3n) is 3.81. The molecule has 3 rings (SSSR count). The molecule has 1 aromatic carbocycles. The van der Waals surface area contributed by atoms with Crippen LogP contribution in [0.4, 0.5) is 5.69 Å². The largest absolute Gasteiger partial charge is 0.322 e. The zero-order chi connectivity index (χ0) is 16.6. The minimum atomic E-state index is -0.418. The van der Waals surface area contributed by atoms with Crippen molar-refractivity contribution in [2.24, 2.45) is 0 Å². The molecule has 1 aromatic heterocycles. The molecule has 5 nitrogen and oxygen atoms in total. The van der Waals surface area contributed by atoms with Crippen LogP contribution in [0.25, 0.3) is 0 Å². The molecule has 6 heteroatoms. The summed E-state index contributed by atoms with van der Waals surface area (Å²) < 4.78 is 1.56. The lowest BCUT2D eigenvalue weighted by molar-refractivity contribution is 0.102. The first-order chi connectivity index (χ1) is 10.9. The minimum Gasteiger partial charge on any atom is -0.322 e. The highest BCUT2D eigenvalue weighted by atomic mass is 32.2. The third-order valence-corrected chi connectivity index (χ3v) is 4.78. The summed E-state index contributed by atoms with van der Waals surface area (Å²) in [6, 6.07) is 7.68. The van der Waals surface area contributed by atoms with Gasteiger partial charge >= 0.3 is 0 Å². The topological polar surface area (TPSA) is 64.0 Å². The molecule has 2 heterocycles. The number of amides is 1. The molecule has 0 atom stereocenters. The van der Waals surface area contributed by atoms with E-state index in [0.717, 1.165) is 5.75 Å². The van der Waals surface area contributed by atoms with E-state index in [1.807, 2.05) is 24.3 Å². The molecule has 23 heavy (non-hydrogen) atoms. The van der Waals surface area contributed by atoms with Crippen LogP contribution in [0.5, 0.6) is 0 Å². The van der Waals surface area contributed by atoms with E-state index in [9.17, 15) is 9.59 Å². The monoisotopic (exact) mass is 329 g/mol. The Morgan fingerprint density at radius 2 is 1.96 bits per heavy atom. The number of carbonyl (C=O) groups is 1. The standard InChI is InChI=1S/C17H19N3O2S/c1-17(2,3)11-4-6-12(7-5-11)19-14(21)13-10-18-16-20(15(13)22)8-9-23-16/h4-7,10H,8-9H2,1-3H3,(H,19,21). The maximum absolute atomic E-state index is 12.3. The molecule has 0 aliphatic carbocycles. The first-order valence-electron chi connectivity index (χ1n) is 7.51. The van der Waals surface area contributed by atoms with Crippen LogP contribution in [0.15, 0.2) is 40.4 Å². The zero-order valence-electron chi connectivity index (χ0n) is 13.4. The van der Waals surface area contributed by atoms with Crippen LogP contribution in [0.1, 0.15) is 36.7 Å². The lowest BCUT2D eigenvalue weighted by Crippen LogP contribution is -2.29. The molecular formula is C17H19N3O2S. The number of hydrogen-bond donors (Lipinski definition) is 1. The van der Waals surface area contributed by atoms with Gasteiger partial charge in [-0.2, -0.15) is 0 Å². The van der Waals surface area contributed by atoms with E-state index in [1.165, 1.54) is 23.5 Å². The van der Waals surface area contributed by atoms with Gasteiger partial charge in [0.1, 0.15) is 5.56 Å². The number of rotatable bonds is 2. The Kier molecular flexibility index (Phi) is 4.02. The molecule has 2 aromatic rings. The summed E-state index contributed by atoms with van der Waals surface area (Å²) in [5, 5.41) is 3.45. The number of benzene rings is 1. The van der Waals surface area contributed by atoms with Crippen molar-refractivity contribution in [1.29, 1.82) is 0 Å². The molecule has 1 aliphatic heterocycles. The Hall–Kier alpha value is -2.08. The highest BCUT2D eigenvalue weighted by molar-refractivity contribution is 7.99.